The van der Waals surface area contributed by atoms with Crippen LogP contribution in [0.25, 0.3) is 0 Å². The molecule has 0 aliphatic rings. The van der Waals surface area contributed by atoms with Gasteiger partial charge in [-0.25, -0.2) is 0 Å². The zero-order chi connectivity index (χ0) is 34.7. The van der Waals surface area contributed by atoms with Crippen LogP contribution in [0.15, 0.2) is 24.3 Å². The minimum Gasteiger partial charge on any atom is -0.381 e. The molecule has 46 heavy (non-hydrogen) atoms. The zero-order valence-corrected chi connectivity index (χ0v) is 31.4. The molecule has 9 atom stereocenters. The normalized spacial score (nSPS) is 18.4. The maximum atomic E-state index is 5.95. The van der Waals surface area contributed by atoms with E-state index in [9.17, 15) is 0 Å². The minimum absolute atomic E-state index is 0.000309. The maximum absolute atomic E-state index is 5.95. The molecular weight excluding hydrogens is 588 g/mol. The molecule has 9 heteroatoms. The van der Waals surface area contributed by atoms with E-state index in [1.165, 1.54) is 24.8 Å². The maximum Gasteiger partial charge on any atom is 0.0803 e. The lowest BCUT2D eigenvalue weighted by atomic mass is 9.94. The Bertz CT molecular complexity index is 734. The van der Waals surface area contributed by atoms with E-state index in [4.69, 9.17) is 42.6 Å². The Morgan fingerprint density at radius 2 is 0.804 bits per heavy atom. The summed E-state index contributed by atoms with van der Waals surface area (Å²) >= 11 is 0. The number of hydrogen-bond donors (Lipinski definition) is 0. The molecule has 0 saturated heterocycles. The van der Waals surface area contributed by atoms with Crippen LogP contribution in [-0.2, 0) is 42.6 Å². The van der Waals surface area contributed by atoms with Crippen LogP contribution >= 0.6 is 0 Å². The molecule has 0 aromatic rings. The first kappa shape index (κ1) is 45.1. The average Bonchev–Trinajstić information content (AvgIpc) is 3.08. The fourth-order valence-electron chi connectivity index (χ4n) is 6.11. The highest BCUT2D eigenvalue weighted by Crippen LogP contribution is 2.25. The molecule has 0 spiro atoms. The van der Waals surface area contributed by atoms with Crippen LogP contribution in [0.5, 0.6) is 0 Å². The zero-order valence-electron chi connectivity index (χ0n) is 31.4. The predicted octanol–water partition coefficient (Wildman–Crippen LogP) is 7.34. The molecule has 0 saturated carbocycles. The van der Waals surface area contributed by atoms with Gasteiger partial charge in [0.1, 0.15) is 0 Å². The van der Waals surface area contributed by atoms with Gasteiger partial charge in [-0.2, -0.15) is 0 Å². The number of allylic oxidation sites excluding steroid dienone is 1. The number of methoxy groups -OCH3 is 9. The van der Waals surface area contributed by atoms with Crippen molar-refractivity contribution in [2.75, 3.05) is 64.0 Å². The second kappa shape index (κ2) is 29.1. The van der Waals surface area contributed by atoms with Gasteiger partial charge in [0.05, 0.1) is 54.9 Å². The highest BCUT2D eigenvalue weighted by molar-refractivity contribution is 5.05. The number of rotatable bonds is 32. The third-order valence-electron chi connectivity index (χ3n) is 9.32. The minimum atomic E-state index is -0.0508. The molecular formula is C37H72O9. The van der Waals surface area contributed by atoms with E-state index in [-0.39, 0.29) is 54.9 Å². The van der Waals surface area contributed by atoms with Gasteiger partial charge in [0.25, 0.3) is 0 Å². The van der Waals surface area contributed by atoms with Crippen LogP contribution < -0.4 is 0 Å². The standard InChI is InChI=1S/C37H72O9/c1-13-15-16-17-19-28(3)37(46-12)27-36(45-11)26-35(44-10)25-34(43-9)24-33(42-8)23-32(41-7)22-31(40-6)21-30(39-5)20-29(38-4)18-14-2/h14,19,29-37H,2,13,15-18,20-27H2,1,3-12H3/b28-19+/t29-,30-,31-,32-,33-,34-,35-,36-,37-/m0/s1. The summed E-state index contributed by atoms with van der Waals surface area (Å²) in [6, 6.07) is 0. The first-order valence-electron chi connectivity index (χ1n) is 17.2. The van der Waals surface area contributed by atoms with Gasteiger partial charge in [0, 0.05) is 76.8 Å². The smallest absolute Gasteiger partial charge is 0.0803 e. The molecule has 0 aromatic carbocycles. The van der Waals surface area contributed by atoms with Gasteiger partial charge >= 0.3 is 0 Å². The molecule has 0 aliphatic heterocycles. The quantitative estimate of drug-likeness (QED) is 0.0544. The van der Waals surface area contributed by atoms with Crippen LogP contribution in [0, 0.1) is 0 Å². The Balaban J connectivity index is 5.23. The Labute approximate surface area is 283 Å². The van der Waals surface area contributed by atoms with E-state index in [0.29, 0.717) is 0 Å². The van der Waals surface area contributed by atoms with E-state index < -0.39 is 0 Å². The van der Waals surface area contributed by atoms with Crippen molar-refractivity contribution in [3.05, 3.63) is 24.3 Å². The number of hydrogen-bond acceptors (Lipinski definition) is 9. The van der Waals surface area contributed by atoms with Crippen molar-refractivity contribution in [2.24, 2.45) is 0 Å². The second-order valence-electron chi connectivity index (χ2n) is 12.4. The molecule has 0 N–H and O–H groups in total. The lowest BCUT2D eigenvalue weighted by Gasteiger charge is -2.30. The molecule has 0 amide bonds. The molecule has 0 fully saturated rings. The van der Waals surface area contributed by atoms with E-state index in [2.05, 4.69) is 26.5 Å². The monoisotopic (exact) mass is 661 g/mol. The molecule has 9 nitrogen and oxygen atoms in total. The summed E-state index contributed by atoms with van der Waals surface area (Å²) in [5, 5.41) is 0. The Morgan fingerprint density at radius 3 is 1.09 bits per heavy atom. The highest BCUT2D eigenvalue weighted by atomic mass is 16.5. The Kier molecular flexibility index (Phi) is 28.5. The summed E-state index contributed by atoms with van der Waals surface area (Å²) in [7, 11) is 15.8. The van der Waals surface area contributed by atoms with E-state index in [1.54, 1.807) is 64.0 Å². The van der Waals surface area contributed by atoms with Gasteiger partial charge in [0.15, 0.2) is 0 Å². The summed E-state index contributed by atoms with van der Waals surface area (Å²) in [6.07, 6.45) is 15.6. The number of ether oxygens (including phenoxy) is 9. The fraction of sp³-hybridized carbons (Fsp3) is 0.892. The van der Waals surface area contributed by atoms with Crippen molar-refractivity contribution in [3.8, 4) is 0 Å². The molecule has 0 rings (SSSR count). The SMILES string of the molecule is C=CC[C@@H](C[C@@H](C[C@@H](C[C@@H](C[C@@H](C[C@@H](C[C@@H](C[C@@H](C[C@H](OC)/C(C)=C/CCCCC)OC)OC)OC)OC)OC)OC)OC)OC. The van der Waals surface area contributed by atoms with E-state index in [1.807, 2.05) is 6.08 Å². The molecule has 0 unspecified atom stereocenters. The summed E-state index contributed by atoms with van der Waals surface area (Å²) in [4.78, 5) is 0. The predicted molar refractivity (Wildman–Crippen MR) is 187 cm³/mol. The molecule has 274 valence electrons. The van der Waals surface area contributed by atoms with Crippen molar-refractivity contribution < 1.29 is 42.6 Å². The van der Waals surface area contributed by atoms with Crippen molar-refractivity contribution >= 4 is 0 Å². The first-order chi connectivity index (χ1) is 22.2. The van der Waals surface area contributed by atoms with Crippen LogP contribution in [0.4, 0.5) is 0 Å². The molecule has 0 aliphatic carbocycles. The van der Waals surface area contributed by atoms with Gasteiger partial charge in [-0.3, -0.25) is 0 Å². The summed E-state index contributed by atoms with van der Waals surface area (Å²) < 4.78 is 52.8. The fourth-order valence-corrected chi connectivity index (χ4v) is 6.11. The van der Waals surface area contributed by atoms with E-state index >= 15 is 0 Å². The Morgan fingerprint density at radius 1 is 0.478 bits per heavy atom. The van der Waals surface area contributed by atoms with Crippen LogP contribution in [0.1, 0.15) is 97.3 Å². The molecule has 0 aromatic heterocycles. The van der Waals surface area contributed by atoms with Crippen molar-refractivity contribution in [1.29, 1.82) is 0 Å². The summed E-state index contributed by atoms with van der Waals surface area (Å²) in [5.41, 5.74) is 1.26. The van der Waals surface area contributed by atoms with Gasteiger partial charge < -0.3 is 42.6 Å². The average molecular weight is 661 g/mol. The van der Waals surface area contributed by atoms with Crippen LogP contribution in [0.2, 0.25) is 0 Å². The highest BCUT2D eigenvalue weighted by Gasteiger charge is 2.28. The lowest BCUT2D eigenvalue weighted by Crippen LogP contribution is -2.34. The third-order valence-corrected chi connectivity index (χ3v) is 9.32. The second-order valence-corrected chi connectivity index (χ2v) is 12.4. The lowest BCUT2D eigenvalue weighted by molar-refractivity contribution is -0.0577. The third kappa shape index (κ3) is 19.8. The number of unbranched alkanes of at least 4 members (excludes halogenated alkanes) is 3. The van der Waals surface area contributed by atoms with Crippen LogP contribution in [0.3, 0.4) is 0 Å². The Hall–Kier alpha value is -0.880. The van der Waals surface area contributed by atoms with Crippen molar-refractivity contribution in [1.82, 2.24) is 0 Å². The summed E-state index contributed by atoms with van der Waals surface area (Å²) in [5.74, 6) is 0. The van der Waals surface area contributed by atoms with Crippen molar-refractivity contribution in [3.63, 3.8) is 0 Å². The van der Waals surface area contributed by atoms with Gasteiger partial charge in [-0.05, 0) is 70.3 Å². The summed E-state index contributed by atoms with van der Waals surface area (Å²) in [6.45, 7) is 8.22. The molecule has 0 bridgehead atoms. The topological polar surface area (TPSA) is 83.1 Å². The molecule has 0 heterocycles. The largest absolute Gasteiger partial charge is 0.381 e. The van der Waals surface area contributed by atoms with Gasteiger partial charge in [-0.1, -0.05) is 31.9 Å². The van der Waals surface area contributed by atoms with Gasteiger partial charge in [0.2, 0.25) is 0 Å². The van der Waals surface area contributed by atoms with Gasteiger partial charge in [-0.15, -0.1) is 6.58 Å². The van der Waals surface area contributed by atoms with Crippen LogP contribution in [-0.4, -0.2) is 119 Å². The van der Waals surface area contributed by atoms with E-state index in [0.717, 1.165) is 64.2 Å². The first-order valence-corrected chi connectivity index (χ1v) is 17.2. The van der Waals surface area contributed by atoms with Crippen molar-refractivity contribution in [2.45, 2.75) is 152 Å². The molecule has 0 radical (unpaired) electrons.